The van der Waals surface area contributed by atoms with Crippen molar-refractivity contribution in [1.29, 1.82) is 0 Å². The van der Waals surface area contributed by atoms with E-state index in [0.717, 1.165) is 16.7 Å². The highest BCUT2D eigenvalue weighted by atomic mass is 35.5. The Kier molecular flexibility index (Phi) is 5.77. The molecule has 4 aromatic rings. The van der Waals surface area contributed by atoms with E-state index in [1.54, 1.807) is 29.2 Å². The van der Waals surface area contributed by atoms with Crippen LogP contribution in [0.15, 0.2) is 63.8 Å². The number of halogens is 1. The van der Waals surface area contributed by atoms with Gasteiger partial charge in [0.15, 0.2) is 16.9 Å². The van der Waals surface area contributed by atoms with Gasteiger partial charge in [0.25, 0.3) is 5.91 Å². The molecule has 1 N–H and O–H groups in total. The van der Waals surface area contributed by atoms with Crippen molar-refractivity contribution >= 4 is 28.5 Å². The van der Waals surface area contributed by atoms with Crippen molar-refractivity contribution in [2.45, 2.75) is 33.4 Å². The van der Waals surface area contributed by atoms with Gasteiger partial charge in [-0.05, 0) is 61.7 Å². The number of aromatic hydroxyl groups is 1. The molecule has 178 valence electrons. The molecule has 3 aromatic carbocycles. The molecule has 2 heterocycles. The number of carbonyl (C=O) groups is 1. The topological polar surface area (TPSA) is 80.0 Å². The van der Waals surface area contributed by atoms with Crippen LogP contribution in [0.25, 0.3) is 11.0 Å². The third-order valence-corrected chi connectivity index (χ3v) is 6.73. The number of carbonyl (C=O) groups excluding carboxylic acids is 1. The summed E-state index contributed by atoms with van der Waals surface area (Å²) in [5, 5.41) is 11.0. The largest absolute Gasteiger partial charge is 0.504 e. The van der Waals surface area contributed by atoms with Crippen LogP contribution in [0.1, 0.15) is 51.3 Å². The fourth-order valence-electron chi connectivity index (χ4n) is 4.51. The molecular formula is C28H24ClNO5. The number of amides is 1. The van der Waals surface area contributed by atoms with E-state index in [1.165, 1.54) is 6.07 Å². The summed E-state index contributed by atoms with van der Waals surface area (Å²) in [7, 11) is 0. The highest BCUT2D eigenvalue weighted by molar-refractivity contribution is 6.32. The fourth-order valence-corrected chi connectivity index (χ4v) is 4.68. The summed E-state index contributed by atoms with van der Waals surface area (Å²) in [6.45, 7) is 6.26. The zero-order valence-corrected chi connectivity index (χ0v) is 20.3. The average Bonchev–Trinajstić information content (AvgIpc) is 3.10. The van der Waals surface area contributed by atoms with Crippen LogP contribution in [0.5, 0.6) is 11.5 Å². The quantitative estimate of drug-likeness (QED) is 0.377. The second kappa shape index (κ2) is 8.78. The maximum atomic E-state index is 13.8. The first-order valence-electron chi connectivity index (χ1n) is 11.4. The Morgan fingerprint density at radius 3 is 2.51 bits per heavy atom. The number of hydrogen-bond donors (Lipinski definition) is 1. The number of hydrogen-bond acceptors (Lipinski definition) is 5. The second-order valence-corrected chi connectivity index (χ2v) is 9.16. The van der Waals surface area contributed by atoms with E-state index < -0.39 is 6.04 Å². The summed E-state index contributed by atoms with van der Waals surface area (Å²) in [5.74, 6) is -0.0846. The predicted octanol–water partition coefficient (Wildman–Crippen LogP) is 5.91. The van der Waals surface area contributed by atoms with Crippen LogP contribution in [0.2, 0.25) is 5.02 Å². The van der Waals surface area contributed by atoms with Crippen LogP contribution in [0.4, 0.5) is 0 Å². The van der Waals surface area contributed by atoms with Crippen molar-refractivity contribution in [1.82, 2.24) is 4.90 Å². The summed E-state index contributed by atoms with van der Waals surface area (Å²) in [6.07, 6.45) is 0. The maximum absolute atomic E-state index is 13.8. The molecule has 0 saturated heterocycles. The Labute approximate surface area is 207 Å². The van der Waals surface area contributed by atoms with Gasteiger partial charge in [0.2, 0.25) is 5.76 Å². The van der Waals surface area contributed by atoms with Crippen molar-refractivity contribution in [3.8, 4) is 11.5 Å². The van der Waals surface area contributed by atoms with Crippen molar-refractivity contribution in [3.05, 3.63) is 103 Å². The van der Waals surface area contributed by atoms with Crippen molar-refractivity contribution < 1.29 is 19.1 Å². The van der Waals surface area contributed by atoms with Gasteiger partial charge < -0.3 is 19.2 Å². The zero-order valence-electron chi connectivity index (χ0n) is 19.6. The van der Waals surface area contributed by atoms with Gasteiger partial charge in [-0.25, -0.2) is 0 Å². The van der Waals surface area contributed by atoms with Gasteiger partial charge in [0.1, 0.15) is 5.58 Å². The molecule has 5 rings (SSSR count). The monoisotopic (exact) mass is 489 g/mol. The van der Waals surface area contributed by atoms with E-state index in [0.29, 0.717) is 28.2 Å². The summed E-state index contributed by atoms with van der Waals surface area (Å²) in [5.41, 5.74) is 3.68. The maximum Gasteiger partial charge on any atom is 0.291 e. The van der Waals surface area contributed by atoms with E-state index in [1.807, 2.05) is 45.0 Å². The smallest absolute Gasteiger partial charge is 0.291 e. The Morgan fingerprint density at radius 1 is 1.06 bits per heavy atom. The Bertz CT molecular complexity index is 1520. The first kappa shape index (κ1) is 23.0. The first-order valence-corrected chi connectivity index (χ1v) is 11.7. The Balaban J connectivity index is 1.73. The molecule has 0 unspecified atom stereocenters. The fraction of sp³-hybridized carbons (Fsp3) is 0.214. The molecule has 0 spiro atoms. The molecule has 0 bridgehead atoms. The number of fused-ring (bicyclic) bond motifs is 2. The zero-order chi connectivity index (χ0) is 24.9. The Morgan fingerprint density at radius 2 is 1.80 bits per heavy atom. The number of nitrogens with zero attached hydrogens (tertiary/aromatic N) is 1. The molecular weight excluding hydrogens is 466 g/mol. The SMILES string of the molecule is CCOc1cc([C@H]2c3c(oc4cc(C)c(Cl)cc4c3=O)C(=O)N2Cc2ccc(C)cc2)ccc1O. The lowest BCUT2D eigenvalue weighted by atomic mass is 9.97. The molecule has 1 aromatic heterocycles. The third-order valence-electron chi connectivity index (χ3n) is 6.32. The number of phenolic OH excluding ortho intramolecular Hbond substituents is 1. The molecule has 1 atom stereocenters. The molecule has 1 aliphatic rings. The second-order valence-electron chi connectivity index (χ2n) is 8.75. The minimum absolute atomic E-state index is 0.0157. The lowest BCUT2D eigenvalue weighted by molar-refractivity contribution is 0.0714. The van der Waals surface area contributed by atoms with Gasteiger partial charge in [0, 0.05) is 11.6 Å². The van der Waals surface area contributed by atoms with Crippen LogP contribution in [-0.2, 0) is 6.54 Å². The van der Waals surface area contributed by atoms with E-state index >= 15 is 0 Å². The molecule has 35 heavy (non-hydrogen) atoms. The molecule has 7 heteroatoms. The van der Waals surface area contributed by atoms with Crippen molar-refractivity contribution in [2.75, 3.05) is 6.61 Å². The average molecular weight is 490 g/mol. The van der Waals surface area contributed by atoms with Gasteiger partial charge in [0.05, 0.1) is 23.6 Å². The predicted molar refractivity (Wildman–Crippen MR) is 134 cm³/mol. The first-order chi connectivity index (χ1) is 16.8. The number of aryl methyl sites for hydroxylation is 2. The number of benzene rings is 3. The summed E-state index contributed by atoms with van der Waals surface area (Å²) < 4.78 is 11.6. The van der Waals surface area contributed by atoms with Crippen molar-refractivity contribution in [3.63, 3.8) is 0 Å². The number of phenols is 1. The van der Waals surface area contributed by atoms with Gasteiger partial charge >= 0.3 is 0 Å². The lowest BCUT2D eigenvalue weighted by Gasteiger charge is -2.26. The number of ether oxygens (including phenoxy) is 1. The highest BCUT2D eigenvalue weighted by Gasteiger charge is 2.43. The molecule has 1 aliphatic heterocycles. The normalized spacial score (nSPS) is 15.0. The molecule has 0 saturated carbocycles. The minimum atomic E-state index is -0.723. The van der Waals surface area contributed by atoms with Crippen LogP contribution >= 0.6 is 11.6 Å². The third kappa shape index (κ3) is 3.94. The van der Waals surface area contributed by atoms with E-state index in [9.17, 15) is 14.7 Å². The van der Waals surface area contributed by atoms with E-state index in [4.69, 9.17) is 20.8 Å². The van der Waals surface area contributed by atoms with E-state index in [2.05, 4.69) is 0 Å². The van der Waals surface area contributed by atoms with Gasteiger partial charge in [-0.1, -0.05) is 47.5 Å². The van der Waals surface area contributed by atoms with Crippen molar-refractivity contribution in [2.24, 2.45) is 0 Å². The van der Waals surface area contributed by atoms with E-state index in [-0.39, 0.29) is 40.7 Å². The summed E-state index contributed by atoms with van der Waals surface area (Å²) in [6, 6.07) is 15.3. The van der Waals surface area contributed by atoms with Crippen LogP contribution in [0.3, 0.4) is 0 Å². The van der Waals surface area contributed by atoms with Gasteiger partial charge in [-0.2, -0.15) is 0 Å². The number of rotatable bonds is 5. The van der Waals surface area contributed by atoms with Crippen LogP contribution in [0, 0.1) is 13.8 Å². The molecule has 0 radical (unpaired) electrons. The Hall–Kier alpha value is -3.77. The van der Waals surface area contributed by atoms with Crippen LogP contribution in [-0.4, -0.2) is 22.5 Å². The molecule has 6 nitrogen and oxygen atoms in total. The van der Waals surface area contributed by atoms with Gasteiger partial charge in [-0.3, -0.25) is 9.59 Å². The van der Waals surface area contributed by atoms with Crippen LogP contribution < -0.4 is 10.2 Å². The summed E-state index contributed by atoms with van der Waals surface area (Å²) in [4.78, 5) is 29.0. The minimum Gasteiger partial charge on any atom is -0.504 e. The van der Waals surface area contributed by atoms with Gasteiger partial charge in [-0.15, -0.1) is 0 Å². The molecule has 0 aliphatic carbocycles. The standard InChI is InChI=1S/C28H24ClNO5/c1-4-34-23-12-18(9-10-21(23)31)25-24-26(32)19-13-20(29)16(3)11-22(19)35-27(24)28(33)30(25)14-17-7-5-15(2)6-8-17/h5-13,25,31H,4,14H2,1-3H3/t25-/m0/s1. The lowest BCUT2D eigenvalue weighted by Crippen LogP contribution is -2.29. The highest BCUT2D eigenvalue weighted by Crippen LogP contribution is 2.42. The summed E-state index contributed by atoms with van der Waals surface area (Å²) >= 11 is 6.31. The molecule has 0 fully saturated rings. The molecule has 1 amide bonds.